The zero-order valence-electron chi connectivity index (χ0n) is 19.2. The molecule has 1 aromatic heterocycles. The zero-order chi connectivity index (χ0) is 25.5. The molecule has 2 aromatic carbocycles. The second-order valence-corrected chi connectivity index (χ2v) is 10.7. The van der Waals surface area contributed by atoms with Crippen LogP contribution in [0.15, 0.2) is 51.1 Å². The maximum Gasteiger partial charge on any atom is 1.00 e. The molecule has 0 aliphatic rings. The van der Waals surface area contributed by atoms with Crippen LogP contribution in [-0.2, 0) is 30.4 Å². The quantitative estimate of drug-likeness (QED) is 0.126. The summed E-state index contributed by atoms with van der Waals surface area (Å²) in [5, 5.41) is 4.41. The number of aromatic nitrogens is 3. The summed E-state index contributed by atoms with van der Waals surface area (Å²) >= 11 is 5.82. The van der Waals surface area contributed by atoms with E-state index in [4.69, 9.17) is 17.3 Å². The summed E-state index contributed by atoms with van der Waals surface area (Å²) in [6.45, 7) is 0. The molecule has 0 spiro atoms. The molecule has 0 atom stereocenters. The van der Waals surface area contributed by atoms with Crippen molar-refractivity contribution in [3.05, 3.63) is 41.7 Å². The van der Waals surface area contributed by atoms with Gasteiger partial charge in [0.2, 0.25) is 17.2 Å². The molecule has 0 aliphatic carbocycles. The summed E-state index contributed by atoms with van der Waals surface area (Å²) in [4.78, 5) is 8.87. The molecule has 15 nitrogen and oxygen atoms in total. The van der Waals surface area contributed by atoms with E-state index in [1.807, 2.05) is 0 Å². The number of halogens is 1. The van der Waals surface area contributed by atoms with Crippen LogP contribution in [0.1, 0.15) is 0 Å². The molecule has 1 heterocycles. The first-order chi connectivity index (χ1) is 15.5. The van der Waals surface area contributed by atoms with Crippen molar-refractivity contribution in [1.82, 2.24) is 15.0 Å². The Kier molecular flexibility index (Phi) is 13.9. The van der Waals surface area contributed by atoms with Crippen LogP contribution in [0.25, 0.3) is 0 Å². The average molecular weight is 619 g/mol. The summed E-state index contributed by atoms with van der Waals surface area (Å²) in [7, 11) is -14.9. The van der Waals surface area contributed by atoms with Crippen LogP contribution in [-0.4, -0.2) is 53.9 Å². The molecule has 0 radical (unpaired) electrons. The Morgan fingerprint density at radius 2 is 1.22 bits per heavy atom. The Morgan fingerprint density at radius 1 is 0.703 bits per heavy atom. The number of hydrogen-bond acceptors (Lipinski definition) is 15. The van der Waals surface area contributed by atoms with E-state index in [-0.39, 0.29) is 106 Å². The van der Waals surface area contributed by atoms with E-state index >= 15 is 0 Å². The minimum absolute atomic E-state index is 0. The van der Waals surface area contributed by atoms with Gasteiger partial charge < -0.3 is 30.0 Å². The van der Waals surface area contributed by atoms with E-state index < -0.39 is 62.0 Å². The predicted octanol–water partition coefficient (Wildman–Crippen LogP) is -8.68. The van der Waals surface area contributed by atoms with Gasteiger partial charge in [0.15, 0.2) is 0 Å². The zero-order valence-corrected chi connectivity index (χ0v) is 28.4. The Hall–Kier alpha value is -0.130. The van der Waals surface area contributed by atoms with Crippen LogP contribution in [0.5, 0.6) is 0 Å². The van der Waals surface area contributed by atoms with Crippen molar-refractivity contribution >= 4 is 70.9 Å². The van der Waals surface area contributed by atoms with Gasteiger partial charge in [-0.05, 0) is 48.0 Å². The molecule has 0 unspecified atom stereocenters. The number of anilines is 5. The maximum atomic E-state index is 11.5. The molecular weight excluding hydrogens is 609 g/mol. The normalized spacial score (nSPS) is 11.4. The Balaban J connectivity index is 0.00000432. The predicted molar refractivity (Wildman–Crippen MR) is 113 cm³/mol. The van der Waals surface area contributed by atoms with Gasteiger partial charge in [0.25, 0.3) is 0 Å². The fraction of sp³-hybridized carbons (Fsp3) is 0. The first-order valence-corrected chi connectivity index (χ1v) is 13.0. The molecule has 0 amide bonds. The summed E-state index contributed by atoms with van der Waals surface area (Å²) in [5.74, 6) is -0.765. The fourth-order valence-corrected chi connectivity index (χ4v) is 4.40. The Labute approximate surface area is 282 Å². The molecule has 0 fully saturated rings. The van der Waals surface area contributed by atoms with Gasteiger partial charge in [-0.15, -0.1) is 0 Å². The molecule has 0 saturated heterocycles. The fourth-order valence-electron chi connectivity index (χ4n) is 2.55. The third-order valence-electron chi connectivity index (χ3n) is 3.90. The van der Waals surface area contributed by atoms with Crippen LogP contribution in [0.3, 0.4) is 0 Å². The number of hydrogen-bond donors (Lipinski definition) is 3. The number of nitrogens with zero attached hydrogens (tertiary/aromatic N) is 3. The van der Waals surface area contributed by atoms with E-state index in [2.05, 4.69) is 25.6 Å². The summed E-state index contributed by atoms with van der Waals surface area (Å²) in [6, 6.07) is 5.04. The first-order valence-electron chi connectivity index (χ1n) is 8.41. The van der Waals surface area contributed by atoms with Crippen molar-refractivity contribution in [1.29, 1.82) is 0 Å². The van der Waals surface area contributed by atoms with E-state index in [1.54, 1.807) is 0 Å². The average Bonchev–Trinajstić information content (AvgIpc) is 2.65. The van der Waals surface area contributed by atoms with Gasteiger partial charge in [-0.1, -0.05) is 0 Å². The molecule has 182 valence electrons. The van der Waals surface area contributed by atoms with Gasteiger partial charge in [0, 0.05) is 5.69 Å². The third-order valence-corrected chi connectivity index (χ3v) is 6.70. The summed E-state index contributed by atoms with van der Waals surface area (Å²) < 4.78 is 102. The maximum absolute atomic E-state index is 11.5. The van der Waals surface area contributed by atoms with Crippen molar-refractivity contribution < 1.29 is 128 Å². The second kappa shape index (κ2) is 14.0. The summed E-state index contributed by atoms with van der Waals surface area (Å²) in [5.41, 5.74) is 4.66. The Bertz CT molecular complexity index is 1630. The van der Waals surface area contributed by atoms with Crippen molar-refractivity contribution in [2.24, 2.45) is 0 Å². The van der Waals surface area contributed by atoms with Crippen molar-refractivity contribution in [3.63, 3.8) is 0 Å². The molecule has 0 bridgehead atoms. The van der Waals surface area contributed by atoms with E-state index in [1.165, 1.54) is 0 Å². The smallest absolute Gasteiger partial charge is 0.744 e. The topological polar surface area (TPSA) is 260 Å². The number of nitrogens with one attached hydrogen (secondary N) is 2. The molecular formula is C15H10ClN6Na3O9S3. The first kappa shape index (κ1) is 36.9. The number of rotatable bonds is 7. The van der Waals surface area contributed by atoms with Crippen LogP contribution in [0.2, 0.25) is 5.28 Å². The molecule has 3 rings (SSSR count). The second-order valence-electron chi connectivity index (χ2n) is 6.27. The van der Waals surface area contributed by atoms with Gasteiger partial charge in [-0.2, -0.15) is 15.0 Å². The van der Waals surface area contributed by atoms with E-state index in [9.17, 15) is 38.9 Å². The van der Waals surface area contributed by atoms with Crippen LogP contribution in [0.4, 0.5) is 29.0 Å². The largest absolute Gasteiger partial charge is 1.00 e. The van der Waals surface area contributed by atoms with Gasteiger partial charge in [0.05, 0.1) is 26.1 Å². The third kappa shape index (κ3) is 10.1. The summed E-state index contributed by atoms with van der Waals surface area (Å²) in [6.07, 6.45) is 0. The molecule has 0 saturated carbocycles. The molecule has 4 N–H and O–H groups in total. The number of nitrogen functional groups attached to an aromatic ring is 1. The Morgan fingerprint density at radius 3 is 1.70 bits per heavy atom. The van der Waals surface area contributed by atoms with E-state index in [0.29, 0.717) is 18.2 Å². The van der Waals surface area contributed by atoms with E-state index in [0.717, 1.165) is 18.2 Å². The van der Waals surface area contributed by atoms with Gasteiger partial charge in [-0.3, -0.25) is 0 Å². The SMILES string of the molecule is Nc1cc(Nc2nc(Cl)nc(Nc3cc(S(=O)(=O)[O-])ccc3S(=O)(=O)[O-])n2)ccc1S(=O)(=O)[O-].[Na+].[Na+].[Na+]. The molecule has 0 aliphatic heterocycles. The molecule has 3 aromatic rings. The standard InChI is InChI=1S/C15H13ClN6O9S3.3Na/c16-13-20-14(18-7-1-3-11(9(17)5-7)33(26,27)28)22-15(21-13)19-10-6-8(32(23,24)25)2-4-12(10)34(29,30)31;;;/h1-6H,17H2,(H,23,24,25)(H,26,27,28)(H,29,30,31)(H2,18,19,20,21,22);;;/q;3*+1/p-3. The van der Waals surface area contributed by atoms with Gasteiger partial charge >= 0.3 is 88.7 Å². The van der Waals surface area contributed by atoms with Crippen LogP contribution in [0, 0.1) is 0 Å². The number of benzene rings is 2. The molecule has 22 heteroatoms. The van der Waals surface area contributed by atoms with Crippen molar-refractivity contribution in [2.75, 3.05) is 16.4 Å². The minimum Gasteiger partial charge on any atom is -0.744 e. The van der Waals surface area contributed by atoms with Crippen LogP contribution >= 0.6 is 11.6 Å². The van der Waals surface area contributed by atoms with Crippen LogP contribution < -0.4 is 105 Å². The molecule has 37 heavy (non-hydrogen) atoms. The van der Waals surface area contributed by atoms with Gasteiger partial charge in [-0.25, -0.2) is 25.3 Å². The monoisotopic (exact) mass is 618 g/mol. The van der Waals surface area contributed by atoms with Crippen molar-refractivity contribution in [2.45, 2.75) is 14.7 Å². The van der Waals surface area contributed by atoms with Gasteiger partial charge in [0.1, 0.15) is 30.4 Å². The minimum atomic E-state index is -5.12. The number of nitrogens with two attached hydrogens (primary N) is 1. The van der Waals surface area contributed by atoms with Crippen molar-refractivity contribution in [3.8, 4) is 0 Å².